The standard InChI is InChI=1S/C19H18ClN5O4/c1-21-18(28)15(6-3-7-26)25-10-12-11(19(25)29)4-2-5-13(12)24-17(27)14-8-23-16(20)9-22-14/h2,4-5,7-9,15H,3,6,10H2,1H3,(H,21,28)(H,24,27). The summed E-state index contributed by atoms with van der Waals surface area (Å²) in [7, 11) is 1.47. The number of nitrogens with one attached hydrogen (secondary N) is 2. The molecule has 1 unspecified atom stereocenters. The number of aldehydes is 1. The maximum absolute atomic E-state index is 12.9. The molecule has 0 aliphatic carbocycles. The van der Waals surface area contributed by atoms with Gasteiger partial charge < -0.3 is 20.3 Å². The molecule has 10 heteroatoms. The second-order valence-corrected chi connectivity index (χ2v) is 6.70. The van der Waals surface area contributed by atoms with Gasteiger partial charge in [0.25, 0.3) is 11.8 Å². The number of likely N-dealkylation sites (N-methyl/N-ethyl adjacent to an activating group) is 1. The largest absolute Gasteiger partial charge is 0.357 e. The van der Waals surface area contributed by atoms with E-state index in [4.69, 9.17) is 11.6 Å². The minimum atomic E-state index is -0.782. The second kappa shape index (κ2) is 8.78. The molecule has 2 N–H and O–H groups in total. The van der Waals surface area contributed by atoms with Crippen LogP contribution in [0, 0.1) is 0 Å². The summed E-state index contributed by atoms with van der Waals surface area (Å²) < 4.78 is 0. The zero-order chi connectivity index (χ0) is 21.0. The number of amides is 3. The molecule has 0 saturated carbocycles. The van der Waals surface area contributed by atoms with Crippen molar-refractivity contribution in [2.24, 2.45) is 0 Å². The van der Waals surface area contributed by atoms with E-state index in [9.17, 15) is 19.2 Å². The van der Waals surface area contributed by atoms with Gasteiger partial charge in [0.1, 0.15) is 23.2 Å². The van der Waals surface area contributed by atoms with Crippen LogP contribution in [0.3, 0.4) is 0 Å². The van der Waals surface area contributed by atoms with Crippen LogP contribution in [-0.2, 0) is 16.1 Å². The van der Waals surface area contributed by atoms with E-state index in [-0.39, 0.29) is 42.0 Å². The van der Waals surface area contributed by atoms with Crippen LogP contribution in [0.5, 0.6) is 0 Å². The third-order valence-corrected chi connectivity index (χ3v) is 4.78. The minimum absolute atomic E-state index is 0.0717. The Balaban J connectivity index is 1.86. The van der Waals surface area contributed by atoms with E-state index in [1.165, 1.54) is 24.3 Å². The molecule has 9 nitrogen and oxygen atoms in total. The summed E-state index contributed by atoms with van der Waals surface area (Å²) in [6, 6.07) is 4.16. The Morgan fingerprint density at radius 3 is 2.76 bits per heavy atom. The van der Waals surface area contributed by atoms with Crippen molar-refractivity contribution in [3.63, 3.8) is 0 Å². The number of aromatic nitrogens is 2. The zero-order valence-electron chi connectivity index (χ0n) is 15.5. The van der Waals surface area contributed by atoms with E-state index < -0.39 is 11.9 Å². The van der Waals surface area contributed by atoms with Crippen LogP contribution in [0.25, 0.3) is 0 Å². The van der Waals surface area contributed by atoms with Crippen LogP contribution in [0.1, 0.15) is 39.3 Å². The number of carbonyl (C=O) groups is 4. The topological polar surface area (TPSA) is 121 Å². The molecule has 150 valence electrons. The number of carbonyl (C=O) groups excluding carboxylic acids is 4. The van der Waals surface area contributed by atoms with Gasteiger partial charge in [-0.3, -0.25) is 14.4 Å². The van der Waals surface area contributed by atoms with E-state index in [0.717, 1.165) is 0 Å². The number of benzene rings is 1. The molecule has 3 amide bonds. The van der Waals surface area contributed by atoms with Crippen LogP contribution >= 0.6 is 11.6 Å². The quantitative estimate of drug-likeness (QED) is 0.660. The van der Waals surface area contributed by atoms with Crippen LogP contribution < -0.4 is 10.6 Å². The minimum Gasteiger partial charge on any atom is -0.357 e. The molecule has 2 heterocycles. The van der Waals surface area contributed by atoms with Crippen molar-refractivity contribution in [2.75, 3.05) is 12.4 Å². The fourth-order valence-electron chi connectivity index (χ4n) is 3.16. The van der Waals surface area contributed by atoms with Crippen LogP contribution in [0.15, 0.2) is 30.6 Å². The first-order valence-corrected chi connectivity index (χ1v) is 9.21. The summed E-state index contributed by atoms with van der Waals surface area (Å²) in [5.41, 5.74) is 1.49. The van der Waals surface area contributed by atoms with E-state index in [1.807, 2.05) is 0 Å². The number of hydrogen-bond donors (Lipinski definition) is 2. The Hall–Kier alpha value is -3.33. The molecule has 1 aliphatic heterocycles. The van der Waals surface area contributed by atoms with Gasteiger partial charge in [0.05, 0.1) is 12.4 Å². The molecular weight excluding hydrogens is 398 g/mol. The summed E-state index contributed by atoms with van der Waals surface area (Å²) in [5.74, 6) is -1.19. The first-order chi connectivity index (χ1) is 14.0. The lowest BCUT2D eigenvalue weighted by molar-refractivity contribution is -0.125. The van der Waals surface area contributed by atoms with Crippen molar-refractivity contribution in [2.45, 2.75) is 25.4 Å². The van der Waals surface area contributed by atoms with Crippen molar-refractivity contribution in [1.82, 2.24) is 20.2 Å². The Bertz CT molecular complexity index is 964. The third kappa shape index (κ3) is 4.24. The summed E-state index contributed by atoms with van der Waals surface area (Å²) >= 11 is 5.69. The zero-order valence-corrected chi connectivity index (χ0v) is 16.3. The molecule has 2 aromatic rings. The average molecular weight is 416 g/mol. The second-order valence-electron chi connectivity index (χ2n) is 6.32. The number of nitrogens with zero attached hydrogens (tertiary/aromatic N) is 3. The lowest BCUT2D eigenvalue weighted by Crippen LogP contribution is -2.46. The van der Waals surface area contributed by atoms with Crippen molar-refractivity contribution >= 4 is 41.3 Å². The molecule has 0 saturated heterocycles. The summed E-state index contributed by atoms with van der Waals surface area (Å²) in [5, 5.41) is 5.42. The van der Waals surface area contributed by atoms with Gasteiger partial charge in [0, 0.05) is 36.8 Å². The van der Waals surface area contributed by atoms with Crippen molar-refractivity contribution in [3.05, 3.63) is 52.6 Å². The Morgan fingerprint density at radius 1 is 1.31 bits per heavy atom. The van der Waals surface area contributed by atoms with E-state index in [0.29, 0.717) is 23.1 Å². The van der Waals surface area contributed by atoms with Crippen LogP contribution in [0.4, 0.5) is 5.69 Å². The highest BCUT2D eigenvalue weighted by molar-refractivity contribution is 6.29. The monoisotopic (exact) mass is 415 g/mol. The predicted octanol–water partition coefficient (Wildman–Crippen LogP) is 1.43. The smallest absolute Gasteiger partial charge is 0.275 e. The molecule has 1 aliphatic rings. The maximum atomic E-state index is 12.9. The molecule has 1 aromatic carbocycles. The predicted molar refractivity (Wildman–Crippen MR) is 104 cm³/mol. The SMILES string of the molecule is CNC(=O)C(CCC=O)N1Cc2c(NC(=O)c3cnc(Cl)cn3)cccc2C1=O. The molecule has 0 fully saturated rings. The van der Waals surface area contributed by atoms with Gasteiger partial charge >= 0.3 is 0 Å². The Morgan fingerprint density at radius 2 is 2.10 bits per heavy atom. The molecule has 1 atom stereocenters. The third-order valence-electron chi connectivity index (χ3n) is 4.58. The number of anilines is 1. The average Bonchev–Trinajstić information content (AvgIpc) is 3.06. The highest BCUT2D eigenvalue weighted by Crippen LogP contribution is 2.31. The highest BCUT2D eigenvalue weighted by atomic mass is 35.5. The van der Waals surface area contributed by atoms with Gasteiger partial charge in [-0.25, -0.2) is 9.97 Å². The lowest BCUT2D eigenvalue weighted by atomic mass is 10.1. The van der Waals surface area contributed by atoms with Crippen LogP contribution in [-0.4, -0.2) is 52.0 Å². The molecule has 3 rings (SSSR count). The summed E-state index contributed by atoms with van der Waals surface area (Å²) in [6.45, 7) is 0.133. The van der Waals surface area contributed by atoms with E-state index in [2.05, 4.69) is 20.6 Å². The fraction of sp³-hybridized carbons (Fsp3) is 0.263. The van der Waals surface area contributed by atoms with Gasteiger partial charge in [-0.2, -0.15) is 0 Å². The number of fused-ring (bicyclic) bond motifs is 1. The van der Waals surface area contributed by atoms with Gasteiger partial charge in [0.2, 0.25) is 5.91 Å². The number of rotatable bonds is 7. The first-order valence-electron chi connectivity index (χ1n) is 8.83. The van der Waals surface area contributed by atoms with E-state index in [1.54, 1.807) is 18.2 Å². The van der Waals surface area contributed by atoms with Crippen molar-refractivity contribution < 1.29 is 19.2 Å². The van der Waals surface area contributed by atoms with Gasteiger partial charge in [-0.15, -0.1) is 0 Å². The summed E-state index contributed by atoms with van der Waals surface area (Å²) in [6.07, 6.45) is 3.59. The molecule has 1 aromatic heterocycles. The maximum Gasteiger partial charge on any atom is 0.275 e. The lowest BCUT2D eigenvalue weighted by Gasteiger charge is -2.25. The highest BCUT2D eigenvalue weighted by Gasteiger charge is 2.37. The van der Waals surface area contributed by atoms with Gasteiger partial charge in [-0.05, 0) is 18.6 Å². The molecule has 29 heavy (non-hydrogen) atoms. The Labute approximate surface area is 171 Å². The van der Waals surface area contributed by atoms with E-state index >= 15 is 0 Å². The number of hydrogen-bond acceptors (Lipinski definition) is 6. The van der Waals surface area contributed by atoms with Crippen molar-refractivity contribution in [3.8, 4) is 0 Å². The molecule has 0 radical (unpaired) electrons. The first kappa shape index (κ1) is 20.4. The normalized spacial score (nSPS) is 13.6. The van der Waals surface area contributed by atoms with Crippen LogP contribution in [0.2, 0.25) is 5.15 Å². The molecular formula is C19H18ClN5O4. The van der Waals surface area contributed by atoms with Gasteiger partial charge in [-0.1, -0.05) is 17.7 Å². The Kier molecular flexibility index (Phi) is 6.18. The van der Waals surface area contributed by atoms with Crippen molar-refractivity contribution in [1.29, 1.82) is 0 Å². The molecule has 0 spiro atoms. The number of halogens is 1. The molecule has 0 bridgehead atoms. The summed E-state index contributed by atoms with van der Waals surface area (Å²) in [4.78, 5) is 57.5. The van der Waals surface area contributed by atoms with Gasteiger partial charge in [0.15, 0.2) is 0 Å². The fourth-order valence-corrected chi connectivity index (χ4v) is 3.26.